The van der Waals surface area contributed by atoms with Gasteiger partial charge in [-0.25, -0.2) is 14.9 Å². The predicted molar refractivity (Wildman–Crippen MR) is 141 cm³/mol. The monoisotopic (exact) mass is 599 g/mol. The van der Waals surface area contributed by atoms with Gasteiger partial charge in [0, 0.05) is 16.1 Å². The number of benzene rings is 2. The smallest absolute Gasteiger partial charge is 0.433 e. The lowest BCUT2D eigenvalue weighted by molar-refractivity contribution is -0.142. The number of halogens is 4. The van der Waals surface area contributed by atoms with E-state index in [2.05, 4.69) is 36.5 Å². The van der Waals surface area contributed by atoms with Crippen molar-refractivity contribution in [3.8, 4) is 16.3 Å². The summed E-state index contributed by atoms with van der Waals surface area (Å²) >= 11 is 4.65. The summed E-state index contributed by atoms with van der Waals surface area (Å²) in [6.07, 6.45) is -3.32. The van der Waals surface area contributed by atoms with E-state index in [1.165, 1.54) is 23.6 Å². The third-order valence-electron chi connectivity index (χ3n) is 5.32. The summed E-state index contributed by atoms with van der Waals surface area (Å²) in [4.78, 5) is 17.5. The summed E-state index contributed by atoms with van der Waals surface area (Å²) in [6, 6.07) is 20.3. The zero-order valence-corrected chi connectivity index (χ0v) is 21.7. The molecule has 0 fully saturated rings. The van der Waals surface area contributed by atoms with Gasteiger partial charge in [-0.05, 0) is 47.3 Å². The van der Waals surface area contributed by atoms with E-state index in [9.17, 15) is 18.0 Å². The van der Waals surface area contributed by atoms with E-state index >= 15 is 0 Å². The summed E-state index contributed by atoms with van der Waals surface area (Å²) in [5.41, 5.74) is 2.61. The Kier molecular flexibility index (Phi) is 7.25. The summed E-state index contributed by atoms with van der Waals surface area (Å²) < 4.78 is 48.7. The topological polar surface area (TPSA) is 80.9 Å². The number of hydrazone groups is 1. The van der Waals surface area contributed by atoms with Crippen molar-refractivity contribution in [3.63, 3.8) is 0 Å². The van der Waals surface area contributed by atoms with Crippen LogP contribution in [0, 0.1) is 0 Å². The molecule has 0 radical (unpaired) electrons. The molecule has 3 heterocycles. The highest BCUT2D eigenvalue weighted by Gasteiger charge is 2.35. The Hall–Kier alpha value is -4.03. The number of alkyl halides is 3. The summed E-state index contributed by atoms with van der Waals surface area (Å²) in [7, 11) is 0. The fourth-order valence-electron chi connectivity index (χ4n) is 3.52. The molecule has 38 heavy (non-hydrogen) atoms. The van der Waals surface area contributed by atoms with Gasteiger partial charge in [-0.2, -0.15) is 23.4 Å². The number of rotatable bonds is 7. The number of hydrogen-bond acceptors (Lipinski definition) is 6. The zero-order chi connectivity index (χ0) is 26.7. The van der Waals surface area contributed by atoms with E-state index in [0.717, 1.165) is 16.1 Å². The largest absolute Gasteiger partial charge is 0.488 e. The van der Waals surface area contributed by atoms with Crippen molar-refractivity contribution in [1.82, 2.24) is 20.0 Å². The lowest BCUT2D eigenvalue weighted by Gasteiger charge is -2.10. The van der Waals surface area contributed by atoms with Crippen molar-refractivity contribution in [2.75, 3.05) is 0 Å². The van der Waals surface area contributed by atoms with Crippen LogP contribution in [0.15, 0.2) is 87.8 Å². The highest BCUT2D eigenvalue weighted by molar-refractivity contribution is 9.10. The maximum atomic E-state index is 13.7. The number of thiophene rings is 1. The number of amides is 1. The highest BCUT2D eigenvalue weighted by atomic mass is 79.9. The van der Waals surface area contributed by atoms with Crippen molar-refractivity contribution >= 4 is 45.0 Å². The minimum Gasteiger partial charge on any atom is -0.488 e. The summed E-state index contributed by atoms with van der Waals surface area (Å²) in [6.45, 7) is 0.327. The lowest BCUT2D eigenvalue weighted by Crippen LogP contribution is -2.19. The van der Waals surface area contributed by atoms with Gasteiger partial charge in [0.2, 0.25) is 0 Å². The van der Waals surface area contributed by atoms with E-state index in [4.69, 9.17) is 4.74 Å². The number of nitrogens with one attached hydrogen (secondary N) is 1. The van der Waals surface area contributed by atoms with E-state index < -0.39 is 17.8 Å². The van der Waals surface area contributed by atoms with Gasteiger partial charge >= 0.3 is 6.18 Å². The van der Waals surface area contributed by atoms with Gasteiger partial charge in [-0.1, -0.05) is 46.3 Å². The normalized spacial score (nSPS) is 11.8. The SMILES string of the molecule is O=C(N/N=C\c1ccccc1OCc1ccc(Br)cc1)c1cc2nc(-c3cccs3)cc(C(F)(F)F)n2n1. The average molecular weight is 600 g/mol. The number of ether oxygens (including phenoxy) is 1. The number of fused-ring (bicyclic) bond motifs is 1. The molecule has 7 nitrogen and oxygen atoms in total. The van der Waals surface area contributed by atoms with E-state index in [1.54, 1.807) is 41.8 Å². The van der Waals surface area contributed by atoms with Crippen molar-refractivity contribution in [1.29, 1.82) is 0 Å². The van der Waals surface area contributed by atoms with E-state index in [1.807, 2.05) is 24.3 Å². The Labute approximate surface area is 226 Å². The summed E-state index contributed by atoms with van der Waals surface area (Å²) in [5.74, 6) is -0.243. The van der Waals surface area contributed by atoms with Crippen molar-refractivity contribution in [3.05, 3.63) is 105 Å². The maximum absolute atomic E-state index is 13.7. The van der Waals surface area contributed by atoms with Crippen LogP contribution >= 0.6 is 27.3 Å². The Morgan fingerprint density at radius 1 is 1.11 bits per heavy atom. The van der Waals surface area contributed by atoms with Crippen molar-refractivity contribution in [2.24, 2.45) is 5.10 Å². The van der Waals surface area contributed by atoms with Crippen LogP contribution in [0.5, 0.6) is 5.75 Å². The highest BCUT2D eigenvalue weighted by Crippen LogP contribution is 2.33. The van der Waals surface area contributed by atoms with Crippen molar-refractivity contribution < 1.29 is 22.7 Å². The minimum atomic E-state index is -4.70. The van der Waals surface area contributed by atoms with Gasteiger partial charge < -0.3 is 4.74 Å². The van der Waals surface area contributed by atoms with Crippen LogP contribution in [-0.2, 0) is 12.8 Å². The first-order chi connectivity index (χ1) is 18.3. The fraction of sp³-hybridized carbons (Fsp3) is 0.0769. The Bertz CT molecular complexity index is 1620. The first kappa shape index (κ1) is 25.6. The number of aromatic nitrogens is 3. The number of hydrogen-bond donors (Lipinski definition) is 1. The Balaban J connectivity index is 1.33. The van der Waals surface area contributed by atoms with Gasteiger partial charge in [0.05, 0.1) is 16.8 Å². The molecule has 0 saturated carbocycles. The van der Waals surface area contributed by atoms with Gasteiger partial charge in [0.15, 0.2) is 17.0 Å². The molecule has 0 saturated heterocycles. The second kappa shape index (κ2) is 10.8. The first-order valence-electron chi connectivity index (χ1n) is 11.1. The molecule has 0 aliphatic carbocycles. The molecule has 0 atom stereocenters. The van der Waals surface area contributed by atoms with Gasteiger partial charge in [0.25, 0.3) is 5.91 Å². The molecule has 0 aliphatic heterocycles. The standard InChI is InChI=1S/C26H17BrF3N5O2S/c27-18-9-7-16(8-10-18)15-37-21-5-2-1-4-17(21)14-31-33-25(36)20-13-24-32-19(22-6-3-11-38-22)12-23(26(28,29)30)35(24)34-20/h1-14H,15H2,(H,33,36)/b31-14-. The molecule has 1 N–H and O–H groups in total. The Morgan fingerprint density at radius 3 is 2.63 bits per heavy atom. The first-order valence-corrected chi connectivity index (χ1v) is 12.8. The molecule has 0 spiro atoms. The fourth-order valence-corrected chi connectivity index (χ4v) is 4.47. The molecular weight excluding hydrogens is 583 g/mol. The van der Waals surface area contributed by atoms with Gasteiger partial charge in [-0.15, -0.1) is 11.3 Å². The molecule has 5 rings (SSSR count). The molecule has 1 amide bonds. The molecule has 0 bridgehead atoms. The van der Waals surface area contributed by atoms with Gasteiger partial charge in [-0.3, -0.25) is 4.79 Å². The van der Waals surface area contributed by atoms with Crippen molar-refractivity contribution in [2.45, 2.75) is 12.8 Å². The molecule has 0 aliphatic rings. The maximum Gasteiger partial charge on any atom is 0.433 e. The van der Waals surface area contributed by atoms with Crippen LogP contribution < -0.4 is 10.2 Å². The molecule has 12 heteroatoms. The number of para-hydroxylation sites is 1. The van der Waals surface area contributed by atoms with Crippen LogP contribution in [0.2, 0.25) is 0 Å². The third-order valence-corrected chi connectivity index (χ3v) is 6.74. The quantitative estimate of drug-likeness (QED) is 0.169. The van der Waals surface area contributed by atoms with Crippen LogP contribution in [-0.4, -0.2) is 26.7 Å². The van der Waals surface area contributed by atoms with Gasteiger partial charge in [0.1, 0.15) is 12.4 Å². The average Bonchev–Trinajstić information content (AvgIpc) is 3.58. The number of nitrogens with zero attached hydrogens (tertiary/aromatic N) is 4. The lowest BCUT2D eigenvalue weighted by atomic mass is 10.2. The zero-order valence-electron chi connectivity index (χ0n) is 19.3. The Morgan fingerprint density at radius 2 is 1.89 bits per heavy atom. The molecule has 2 aromatic carbocycles. The molecular formula is C26H17BrF3N5O2S. The van der Waals surface area contributed by atoms with E-state index in [0.29, 0.717) is 27.3 Å². The van der Waals surface area contributed by atoms with E-state index in [-0.39, 0.29) is 17.0 Å². The molecule has 0 unspecified atom stereocenters. The second-order valence-corrected chi connectivity index (χ2v) is 9.82. The van der Waals surface area contributed by atoms with Crippen LogP contribution in [0.3, 0.4) is 0 Å². The second-order valence-electron chi connectivity index (χ2n) is 7.95. The van der Waals surface area contributed by atoms with Crippen LogP contribution in [0.4, 0.5) is 13.2 Å². The summed E-state index contributed by atoms with van der Waals surface area (Å²) in [5, 5.41) is 9.52. The van der Waals surface area contributed by atoms with Crippen LogP contribution in [0.1, 0.15) is 27.3 Å². The minimum absolute atomic E-state index is 0.107. The number of carbonyl (C=O) groups excluding carboxylic acids is 1. The predicted octanol–water partition coefficient (Wildman–Crippen LogP) is 6.58. The van der Waals surface area contributed by atoms with Crippen LogP contribution in [0.25, 0.3) is 16.2 Å². The third kappa shape index (κ3) is 5.76. The molecule has 3 aromatic heterocycles. The molecule has 5 aromatic rings. The molecule has 192 valence electrons. The number of carbonyl (C=O) groups is 1.